The van der Waals surface area contributed by atoms with Gasteiger partial charge in [0.25, 0.3) is 0 Å². The molecule has 3 aliphatic rings. The van der Waals surface area contributed by atoms with Gasteiger partial charge in [-0.25, -0.2) is 9.97 Å². The molecule has 3 heterocycles. The molecule has 1 amide bonds. The molecule has 2 aromatic rings. The number of piperazine rings is 1. The summed E-state index contributed by atoms with van der Waals surface area (Å²) in [5, 5.41) is 7.17. The SMILES string of the molecule is CC(=O)N1c2ccc(N3CCN[C@@H](C)C3)cc2C(Nc2nccc(C)n2)[C@@H](C)[C@@H]1C1CC1. The first-order chi connectivity index (χ1) is 15.4. The van der Waals surface area contributed by atoms with E-state index in [2.05, 4.69) is 62.4 Å². The lowest BCUT2D eigenvalue weighted by Gasteiger charge is -2.46. The van der Waals surface area contributed by atoms with Crippen molar-refractivity contribution in [3.05, 3.63) is 41.7 Å². The summed E-state index contributed by atoms with van der Waals surface area (Å²) < 4.78 is 0. The van der Waals surface area contributed by atoms with Crippen LogP contribution in [0.2, 0.25) is 0 Å². The molecule has 7 nitrogen and oxygen atoms in total. The van der Waals surface area contributed by atoms with Crippen LogP contribution in [0, 0.1) is 18.8 Å². The number of aryl methyl sites for hydroxylation is 1. The van der Waals surface area contributed by atoms with Crippen LogP contribution in [0.5, 0.6) is 0 Å². The van der Waals surface area contributed by atoms with Gasteiger partial charge in [-0.2, -0.15) is 0 Å². The second kappa shape index (κ2) is 8.35. The fourth-order valence-electron chi connectivity index (χ4n) is 5.57. The second-order valence-electron chi connectivity index (χ2n) is 9.76. The molecule has 1 saturated heterocycles. The van der Waals surface area contributed by atoms with E-state index in [0.717, 1.165) is 31.0 Å². The first kappa shape index (κ1) is 21.2. The highest BCUT2D eigenvalue weighted by atomic mass is 16.2. The van der Waals surface area contributed by atoms with E-state index in [1.54, 1.807) is 13.1 Å². The van der Waals surface area contributed by atoms with Crippen LogP contribution >= 0.6 is 0 Å². The van der Waals surface area contributed by atoms with Crippen molar-refractivity contribution in [3.8, 4) is 0 Å². The molecule has 170 valence electrons. The van der Waals surface area contributed by atoms with Gasteiger partial charge in [-0.1, -0.05) is 6.92 Å². The maximum absolute atomic E-state index is 12.9. The molecular weight excluding hydrogens is 400 g/mol. The third-order valence-corrected chi connectivity index (χ3v) is 7.23. The van der Waals surface area contributed by atoms with Crippen molar-refractivity contribution in [2.75, 3.05) is 34.8 Å². The summed E-state index contributed by atoms with van der Waals surface area (Å²) in [6, 6.07) is 9.26. The molecule has 2 aliphatic heterocycles. The zero-order valence-corrected chi connectivity index (χ0v) is 19.5. The van der Waals surface area contributed by atoms with Gasteiger partial charge >= 0.3 is 0 Å². The van der Waals surface area contributed by atoms with Crippen molar-refractivity contribution in [3.63, 3.8) is 0 Å². The molecule has 7 heteroatoms. The zero-order chi connectivity index (χ0) is 22.4. The third-order valence-electron chi connectivity index (χ3n) is 7.23. The highest BCUT2D eigenvalue weighted by molar-refractivity contribution is 5.94. The van der Waals surface area contributed by atoms with E-state index in [4.69, 9.17) is 0 Å². The number of hydrogen-bond acceptors (Lipinski definition) is 6. The monoisotopic (exact) mass is 434 g/mol. The van der Waals surface area contributed by atoms with E-state index in [-0.39, 0.29) is 23.9 Å². The number of hydrogen-bond donors (Lipinski definition) is 2. The Bertz CT molecular complexity index is 1010. The summed E-state index contributed by atoms with van der Waals surface area (Å²) in [4.78, 5) is 26.5. The lowest BCUT2D eigenvalue weighted by Crippen LogP contribution is -2.51. The van der Waals surface area contributed by atoms with Crippen LogP contribution in [0.4, 0.5) is 17.3 Å². The van der Waals surface area contributed by atoms with Gasteiger partial charge in [0.05, 0.1) is 6.04 Å². The normalized spacial score (nSPS) is 27.8. The molecule has 2 fully saturated rings. The summed E-state index contributed by atoms with van der Waals surface area (Å²) in [7, 11) is 0. The summed E-state index contributed by atoms with van der Waals surface area (Å²) in [6.45, 7) is 11.1. The maximum Gasteiger partial charge on any atom is 0.224 e. The first-order valence-corrected chi connectivity index (χ1v) is 11.9. The molecule has 1 aromatic carbocycles. The Morgan fingerprint density at radius 3 is 2.72 bits per heavy atom. The fourth-order valence-corrected chi connectivity index (χ4v) is 5.57. The molecule has 1 aromatic heterocycles. The predicted octanol–water partition coefficient (Wildman–Crippen LogP) is 3.52. The van der Waals surface area contributed by atoms with E-state index in [9.17, 15) is 4.79 Å². The number of benzene rings is 1. The van der Waals surface area contributed by atoms with Crippen molar-refractivity contribution in [1.82, 2.24) is 15.3 Å². The number of aromatic nitrogens is 2. The first-order valence-electron chi connectivity index (χ1n) is 11.9. The largest absolute Gasteiger partial charge is 0.369 e. The van der Waals surface area contributed by atoms with Gasteiger partial charge in [-0.15, -0.1) is 0 Å². The zero-order valence-electron chi connectivity index (χ0n) is 19.5. The Balaban J connectivity index is 1.58. The second-order valence-corrected chi connectivity index (χ2v) is 9.76. The smallest absolute Gasteiger partial charge is 0.224 e. The number of anilines is 3. The van der Waals surface area contributed by atoms with Crippen LogP contribution in [0.3, 0.4) is 0 Å². The fraction of sp³-hybridized carbons (Fsp3) is 0.560. The Morgan fingerprint density at radius 1 is 1.22 bits per heavy atom. The highest BCUT2D eigenvalue weighted by Crippen LogP contribution is 2.50. The number of nitrogens with one attached hydrogen (secondary N) is 2. The summed E-state index contributed by atoms with van der Waals surface area (Å²) in [6.07, 6.45) is 4.19. The number of carbonyl (C=O) groups is 1. The molecule has 32 heavy (non-hydrogen) atoms. The molecule has 1 saturated carbocycles. The summed E-state index contributed by atoms with van der Waals surface area (Å²) >= 11 is 0. The molecule has 2 N–H and O–H groups in total. The van der Waals surface area contributed by atoms with Crippen molar-refractivity contribution < 1.29 is 4.79 Å². The lowest BCUT2D eigenvalue weighted by molar-refractivity contribution is -0.117. The minimum Gasteiger partial charge on any atom is -0.369 e. The van der Waals surface area contributed by atoms with Crippen molar-refractivity contribution in [2.45, 2.75) is 58.7 Å². The van der Waals surface area contributed by atoms with E-state index < -0.39 is 0 Å². The topological polar surface area (TPSA) is 73.4 Å². The number of amides is 1. The van der Waals surface area contributed by atoms with E-state index in [1.165, 1.54) is 24.1 Å². The number of nitrogens with zero attached hydrogens (tertiary/aromatic N) is 4. The van der Waals surface area contributed by atoms with Crippen LogP contribution in [0.1, 0.15) is 50.9 Å². The molecule has 1 aliphatic carbocycles. The van der Waals surface area contributed by atoms with Crippen molar-refractivity contribution in [1.29, 1.82) is 0 Å². The van der Waals surface area contributed by atoms with Crippen LogP contribution in [-0.4, -0.2) is 47.6 Å². The molecule has 0 radical (unpaired) electrons. The van der Waals surface area contributed by atoms with Gasteiger partial charge in [0.2, 0.25) is 11.9 Å². The Labute approximate surface area is 190 Å². The van der Waals surface area contributed by atoms with Crippen molar-refractivity contribution in [2.24, 2.45) is 11.8 Å². The lowest BCUT2D eigenvalue weighted by atomic mass is 9.79. The Hall–Kier alpha value is -2.67. The third kappa shape index (κ3) is 3.94. The Kier molecular flexibility index (Phi) is 5.53. The van der Waals surface area contributed by atoms with Crippen LogP contribution in [0.15, 0.2) is 30.5 Å². The Morgan fingerprint density at radius 2 is 2.03 bits per heavy atom. The van der Waals surface area contributed by atoms with E-state index >= 15 is 0 Å². The van der Waals surface area contributed by atoms with Gasteiger partial charge in [0.15, 0.2) is 0 Å². The summed E-state index contributed by atoms with van der Waals surface area (Å²) in [5.41, 5.74) is 4.36. The molecule has 4 atom stereocenters. The van der Waals surface area contributed by atoms with E-state index in [0.29, 0.717) is 17.9 Å². The quantitative estimate of drug-likeness (QED) is 0.767. The van der Waals surface area contributed by atoms with Gasteiger partial charge in [-0.3, -0.25) is 4.79 Å². The average molecular weight is 435 g/mol. The summed E-state index contributed by atoms with van der Waals surface area (Å²) in [5.74, 6) is 1.60. The van der Waals surface area contributed by atoms with Crippen LogP contribution in [-0.2, 0) is 4.79 Å². The molecule has 1 unspecified atom stereocenters. The average Bonchev–Trinajstić information content (AvgIpc) is 3.60. The standard InChI is InChI=1S/C25H34N6O/c1-15-9-10-27-25(28-15)29-23-17(3)24(19-5-6-19)31(18(4)32)22-8-7-20(13-21(22)23)30-12-11-26-16(2)14-30/h7-10,13,16-17,19,23-24,26H,5-6,11-12,14H2,1-4H3,(H,27,28,29)/t16-,17+,23?,24+/m0/s1. The number of carbonyl (C=O) groups excluding carboxylic acids is 1. The van der Waals surface area contributed by atoms with Crippen LogP contribution in [0.25, 0.3) is 0 Å². The van der Waals surface area contributed by atoms with E-state index in [1.807, 2.05) is 13.0 Å². The van der Waals surface area contributed by atoms with Gasteiger partial charge in [0.1, 0.15) is 0 Å². The molecular formula is C25H34N6O. The molecule has 5 rings (SSSR count). The van der Waals surface area contributed by atoms with Gasteiger partial charge in [-0.05, 0) is 56.9 Å². The minimum absolute atomic E-state index is 0.0493. The minimum atomic E-state index is 0.0493. The molecule has 0 bridgehead atoms. The van der Waals surface area contributed by atoms with Crippen molar-refractivity contribution >= 4 is 23.2 Å². The maximum atomic E-state index is 12.9. The highest BCUT2D eigenvalue weighted by Gasteiger charge is 2.47. The number of fused-ring (bicyclic) bond motifs is 1. The van der Waals surface area contributed by atoms with Crippen LogP contribution < -0.4 is 20.4 Å². The number of rotatable bonds is 4. The molecule has 0 spiro atoms. The predicted molar refractivity (Wildman–Crippen MR) is 128 cm³/mol. The van der Waals surface area contributed by atoms with Gasteiger partial charge < -0.3 is 20.4 Å². The van der Waals surface area contributed by atoms with Gasteiger partial charge in [0, 0.05) is 73.4 Å².